The monoisotopic (exact) mass is 352 g/mol. The quantitative estimate of drug-likeness (QED) is 0.528. The van der Waals surface area contributed by atoms with Crippen LogP contribution in [0, 0.1) is 0 Å². The van der Waals surface area contributed by atoms with Crippen LogP contribution < -0.4 is 0 Å². The second kappa shape index (κ2) is 8.08. The molecule has 126 valence electrons. The predicted molar refractivity (Wildman–Crippen MR) is 83.2 cm³/mol. The Bertz CT molecular complexity index is 593. The van der Waals surface area contributed by atoms with Crippen LogP contribution in [0.25, 0.3) is 0 Å². The minimum atomic E-state index is -3.64. The first kappa shape index (κ1) is 20.3. The Morgan fingerprint density at radius 2 is 1.09 bits per heavy atom. The van der Waals surface area contributed by atoms with Crippen LogP contribution in [0.15, 0.2) is 24.0 Å². The summed E-state index contributed by atoms with van der Waals surface area (Å²) in [4.78, 5) is 25.6. The molecule has 0 aliphatic carbocycles. The van der Waals surface area contributed by atoms with Gasteiger partial charge in [-0.3, -0.25) is 9.59 Å². The lowest BCUT2D eigenvalue weighted by molar-refractivity contribution is -0.130. The molecule has 0 fully saturated rings. The van der Waals surface area contributed by atoms with Gasteiger partial charge in [0.15, 0.2) is 19.7 Å². The summed E-state index contributed by atoms with van der Waals surface area (Å²) in [7, 11) is -4.51. The SMILES string of the molecule is C=CS(=O)(=O)CC(=O)N(C)CCN(C)C(=O)CS(=O)(=O)C=C. The molecule has 0 atom stereocenters. The summed E-state index contributed by atoms with van der Waals surface area (Å²) in [5.74, 6) is -2.68. The third kappa shape index (κ3) is 7.36. The van der Waals surface area contributed by atoms with E-state index in [0.717, 1.165) is 9.80 Å². The van der Waals surface area contributed by atoms with Gasteiger partial charge in [0.25, 0.3) is 0 Å². The Morgan fingerprint density at radius 1 is 0.818 bits per heavy atom. The van der Waals surface area contributed by atoms with Crippen LogP contribution in [0.3, 0.4) is 0 Å². The molecular formula is C12H20N2O6S2. The van der Waals surface area contributed by atoms with Crippen LogP contribution in [0.5, 0.6) is 0 Å². The van der Waals surface area contributed by atoms with Crippen molar-refractivity contribution in [3.63, 3.8) is 0 Å². The van der Waals surface area contributed by atoms with Gasteiger partial charge in [-0.15, -0.1) is 0 Å². The number of carbonyl (C=O) groups excluding carboxylic acids is 2. The van der Waals surface area contributed by atoms with Crippen molar-refractivity contribution in [2.75, 3.05) is 38.7 Å². The van der Waals surface area contributed by atoms with Crippen LogP contribution in [0.2, 0.25) is 0 Å². The number of carbonyl (C=O) groups is 2. The third-order valence-corrected chi connectivity index (χ3v) is 5.09. The van der Waals surface area contributed by atoms with E-state index in [1.807, 2.05) is 0 Å². The van der Waals surface area contributed by atoms with Gasteiger partial charge in [0.1, 0.15) is 11.5 Å². The summed E-state index contributed by atoms with van der Waals surface area (Å²) in [6.45, 7) is 6.36. The van der Waals surface area contributed by atoms with Crippen molar-refractivity contribution >= 4 is 31.5 Å². The average Bonchev–Trinajstić information content (AvgIpc) is 2.43. The van der Waals surface area contributed by atoms with Crippen LogP contribution in [0.1, 0.15) is 0 Å². The smallest absolute Gasteiger partial charge is 0.237 e. The van der Waals surface area contributed by atoms with Crippen LogP contribution >= 0.6 is 0 Å². The van der Waals surface area contributed by atoms with Gasteiger partial charge < -0.3 is 9.80 Å². The number of amides is 2. The minimum Gasteiger partial charge on any atom is -0.343 e. The van der Waals surface area contributed by atoms with Crippen molar-refractivity contribution in [2.45, 2.75) is 0 Å². The predicted octanol–water partition coefficient (Wildman–Crippen LogP) is -0.980. The van der Waals surface area contributed by atoms with E-state index in [1.165, 1.54) is 14.1 Å². The molecule has 0 spiro atoms. The molecule has 0 bridgehead atoms. The van der Waals surface area contributed by atoms with Crippen LogP contribution in [0.4, 0.5) is 0 Å². The zero-order valence-electron chi connectivity index (χ0n) is 12.6. The second-order valence-corrected chi connectivity index (χ2v) is 8.47. The van der Waals surface area contributed by atoms with E-state index >= 15 is 0 Å². The first-order valence-electron chi connectivity index (χ1n) is 6.12. The minimum absolute atomic E-state index is 0.0713. The summed E-state index contributed by atoms with van der Waals surface area (Å²) < 4.78 is 45.0. The first-order valence-corrected chi connectivity index (χ1v) is 9.55. The highest BCUT2D eigenvalue weighted by Gasteiger charge is 2.19. The summed E-state index contributed by atoms with van der Waals surface area (Å²) in [5.41, 5.74) is 0. The number of rotatable bonds is 9. The standard InChI is InChI=1S/C12H20N2O6S2/c1-5-21(17,18)9-11(15)13(3)7-8-14(4)12(16)10-22(19,20)6-2/h5-6H,1-2,7-10H2,3-4H3. The Hall–Kier alpha value is -1.68. The van der Waals surface area contributed by atoms with E-state index in [9.17, 15) is 26.4 Å². The summed E-state index contributed by atoms with van der Waals surface area (Å²) >= 11 is 0. The average molecular weight is 352 g/mol. The highest BCUT2D eigenvalue weighted by Crippen LogP contribution is 1.98. The van der Waals surface area contributed by atoms with E-state index in [1.54, 1.807) is 0 Å². The van der Waals surface area contributed by atoms with Gasteiger partial charge in [0.05, 0.1) is 0 Å². The van der Waals surface area contributed by atoms with E-state index < -0.39 is 43.0 Å². The van der Waals surface area contributed by atoms with Gasteiger partial charge >= 0.3 is 0 Å². The van der Waals surface area contributed by atoms with Crippen LogP contribution in [-0.4, -0.2) is 77.1 Å². The molecule has 0 saturated heterocycles. The fourth-order valence-electron chi connectivity index (χ4n) is 1.23. The molecular weight excluding hydrogens is 332 g/mol. The second-order valence-electron chi connectivity index (χ2n) is 4.58. The molecule has 0 aliphatic rings. The van der Waals surface area contributed by atoms with Crippen molar-refractivity contribution in [3.05, 3.63) is 24.0 Å². The van der Waals surface area contributed by atoms with Crippen molar-refractivity contribution in [1.29, 1.82) is 0 Å². The molecule has 0 rings (SSSR count). The van der Waals surface area contributed by atoms with Gasteiger partial charge in [-0.2, -0.15) is 0 Å². The fraction of sp³-hybridized carbons (Fsp3) is 0.500. The van der Waals surface area contributed by atoms with Gasteiger partial charge in [-0.25, -0.2) is 16.8 Å². The molecule has 10 heteroatoms. The highest BCUT2D eigenvalue weighted by molar-refractivity contribution is 7.95. The lowest BCUT2D eigenvalue weighted by atomic mass is 10.4. The molecule has 8 nitrogen and oxygen atoms in total. The van der Waals surface area contributed by atoms with E-state index in [4.69, 9.17) is 0 Å². The first-order chi connectivity index (χ1) is 9.94. The zero-order chi connectivity index (χ0) is 17.6. The fourth-order valence-corrected chi connectivity index (χ4v) is 2.60. The number of hydrogen-bond donors (Lipinski definition) is 0. The third-order valence-electron chi connectivity index (χ3n) is 2.78. The summed E-state index contributed by atoms with van der Waals surface area (Å²) in [6, 6.07) is 0. The molecule has 0 aromatic rings. The topological polar surface area (TPSA) is 109 Å². The van der Waals surface area contributed by atoms with E-state index in [0.29, 0.717) is 10.8 Å². The maximum atomic E-state index is 11.7. The molecule has 0 aliphatic heterocycles. The van der Waals surface area contributed by atoms with Crippen LogP contribution in [-0.2, 0) is 29.3 Å². The molecule has 2 amide bonds. The normalized spacial score (nSPS) is 11.5. The van der Waals surface area contributed by atoms with Gasteiger partial charge in [-0.1, -0.05) is 13.2 Å². The summed E-state index contributed by atoms with van der Waals surface area (Å²) in [6.07, 6.45) is 0. The zero-order valence-corrected chi connectivity index (χ0v) is 14.2. The molecule has 0 unspecified atom stereocenters. The highest BCUT2D eigenvalue weighted by atomic mass is 32.2. The number of nitrogens with zero attached hydrogens (tertiary/aromatic N) is 2. The molecule has 0 radical (unpaired) electrons. The van der Waals surface area contributed by atoms with E-state index in [2.05, 4.69) is 13.2 Å². The van der Waals surface area contributed by atoms with Gasteiger partial charge in [-0.05, 0) is 0 Å². The molecule has 0 aromatic heterocycles. The Morgan fingerprint density at radius 3 is 1.32 bits per heavy atom. The molecule has 22 heavy (non-hydrogen) atoms. The lowest BCUT2D eigenvalue weighted by Crippen LogP contribution is -2.40. The van der Waals surface area contributed by atoms with Crippen molar-refractivity contribution in [2.24, 2.45) is 0 Å². The van der Waals surface area contributed by atoms with Crippen molar-refractivity contribution in [3.8, 4) is 0 Å². The maximum Gasteiger partial charge on any atom is 0.237 e. The van der Waals surface area contributed by atoms with Crippen molar-refractivity contribution < 1.29 is 26.4 Å². The number of likely N-dealkylation sites (N-methyl/N-ethyl adjacent to an activating group) is 2. The van der Waals surface area contributed by atoms with E-state index in [-0.39, 0.29) is 13.1 Å². The number of sulfone groups is 2. The molecule has 0 heterocycles. The van der Waals surface area contributed by atoms with Crippen molar-refractivity contribution in [1.82, 2.24) is 9.80 Å². The maximum absolute atomic E-state index is 11.7. The Balaban J connectivity index is 4.49. The molecule has 0 N–H and O–H groups in total. The van der Waals surface area contributed by atoms with Gasteiger partial charge in [0.2, 0.25) is 11.8 Å². The Kier molecular flexibility index (Phi) is 7.47. The van der Waals surface area contributed by atoms with Gasteiger partial charge in [0, 0.05) is 38.0 Å². The lowest BCUT2D eigenvalue weighted by Gasteiger charge is -2.22. The Labute approximate surface area is 130 Å². The summed E-state index contributed by atoms with van der Waals surface area (Å²) in [5, 5.41) is 1.41. The number of hydrogen-bond acceptors (Lipinski definition) is 6. The molecule has 0 saturated carbocycles. The molecule has 0 aromatic carbocycles. The largest absolute Gasteiger partial charge is 0.343 e.